The van der Waals surface area contributed by atoms with Gasteiger partial charge in [-0.05, 0) is 26.0 Å². The Hall–Kier alpha value is -1.71. The molecule has 0 N–H and O–H groups in total. The third-order valence-corrected chi connectivity index (χ3v) is 2.18. The molecule has 0 aromatic carbocycles. The summed E-state index contributed by atoms with van der Waals surface area (Å²) in [6.07, 6.45) is 2.91. The summed E-state index contributed by atoms with van der Waals surface area (Å²) in [4.78, 5) is 17.1. The molecule has 0 bridgehead atoms. The molecule has 1 aromatic rings. The zero-order valence-corrected chi connectivity index (χ0v) is 9.48. The minimum absolute atomic E-state index is 0.0653. The van der Waals surface area contributed by atoms with Crippen LogP contribution < -0.4 is 0 Å². The van der Waals surface area contributed by atoms with Crippen molar-refractivity contribution >= 4 is 5.91 Å². The monoisotopic (exact) mass is 222 g/mol. The molecule has 0 saturated heterocycles. The van der Waals surface area contributed by atoms with E-state index in [0.717, 1.165) is 0 Å². The third kappa shape index (κ3) is 2.89. The maximum Gasteiger partial charge on any atom is 0.255 e. The van der Waals surface area contributed by atoms with E-state index in [2.05, 4.69) is 11.6 Å². The van der Waals surface area contributed by atoms with E-state index >= 15 is 0 Å². The van der Waals surface area contributed by atoms with Gasteiger partial charge >= 0.3 is 0 Å². The zero-order valence-electron chi connectivity index (χ0n) is 9.48. The van der Waals surface area contributed by atoms with Crippen LogP contribution in [0, 0.1) is 5.95 Å². The molecule has 0 spiro atoms. The first kappa shape index (κ1) is 12.4. The summed E-state index contributed by atoms with van der Waals surface area (Å²) in [5.74, 6) is -0.751. The fourth-order valence-electron chi connectivity index (χ4n) is 1.34. The number of aromatic nitrogens is 1. The average molecular weight is 222 g/mol. The van der Waals surface area contributed by atoms with E-state index in [1.165, 1.54) is 18.3 Å². The molecule has 4 heteroatoms. The predicted molar refractivity (Wildman–Crippen MR) is 60.6 cm³/mol. The quantitative estimate of drug-likeness (QED) is 0.578. The normalized spacial score (nSPS) is 10.2. The Morgan fingerprint density at radius 3 is 2.75 bits per heavy atom. The Morgan fingerprint density at radius 2 is 2.31 bits per heavy atom. The lowest BCUT2D eigenvalue weighted by Crippen LogP contribution is -2.37. The summed E-state index contributed by atoms with van der Waals surface area (Å²) in [5, 5.41) is 0. The first-order valence-corrected chi connectivity index (χ1v) is 5.09. The lowest BCUT2D eigenvalue weighted by molar-refractivity contribution is 0.0728. The molecule has 1 amide bonds. The van der Waals surface area contributed by atoms with Gasteiger partial charge in [0.15, 0.2) is 0 Å². The fraction of sp³-hybridized carbons (Fsp3) is 0.333. The molecule has 0 aliphatic rings. The molecule has 3 nitrogen and oxygen atoms in total. The van der Waals surface area contributed by atoms with Gasteiger partial charge in [0.1, 0.15) is 0 Å². The van der Waals surface area contributed by atoms with Crippen molar-refractivity contribution in [3.63, 3.8) is 0 Å². The molecule has 0 radical (unpaired) electrons. The Labute approximate surface area is 94.6 Å². The number of amides is 1. The van der Waals surface area contributed by atoms with Gasteiger partial charge in [0.05, 0.1) is 5.56 Å². The maximum atomic E-state index is 12.6. The molecular formula is C12H15FN2O. The van der Waals surface area contributed by atoms with Crippen LogP contribution in [0.4, 0.5) is 4.39 Å². The predicted octanol–water partition coefficient (Wildman–Crippen LogP) is 2.26. The summed E-state index contributed by atoms with van der Waals surface area (Å²) in [5.41, 5.74) is 0.386. The first-order chi connectivity index (χ1) is 7.56. The van der Waals surface area contributed by atoms with Crippen LogP contribution in [0.5, 0.6) is 0 Å². The Balaban J connectivity index is 2.89. The minimum atomic E-state index is -0.587. The standard InChI is InChI=1S/C12H15FN2O/c1-4-7-15(9(2)3)12(16)10-5-6-11(13)14-8-10/h4-6,8-9H,1,7H2,2-3H3. The van der Waals surface area contributed by atoms with E-state index in [-0.39, 0.29) is 11.9 Å². The number of hydrogen-bond donors (Lipinski definition) is 0. The van der Waals surface area contributed by atoms with Gasteiger partial charge in [-0.2, -0.15) is 4.39 Å². The van der Waals surface area contributed by atoms with E-state index in [1.807, 2.05) is 13.8 Å². The number of pyridine rings is 1. The van der Waals surface area contributed by atoms with Gasteiger partial charge < -0.3 is 4.90 Å². The highest BCUT2D eigenvalue weighted by Crippen LogP contribution is 2.08. The lowest BCUT2D eigenvalue weighted by Gasteiger charge is -2.25. The van der Waals surface area contributed by atoms with Crippen LogP contribution in [0.25, 0.3) is 0 Å². The van der Waals surface area contributed by atoms with Gasteiger partial charge in [0.25, 0.3) is 5.91 Å². The molecule has 1 heterocycles. The number of hydrogen-bond acceptors (Lipinski definition) is 2. The zero-order chi connectivity index (χ0) is 12.1. The second kappa shape index (κ2) is 5.39. The average Bonchev–Trinajstić information content (AvgIpc) is 2.25. The van der Waals surface area contributed by atoms with E-state index in [4.69, 9.17) is 0 Å². The number of nitrogens with zero attached hydrogens (tertiary/aromatic N) is 2. The van der Waals surface area contributed by atoms with Gasteiger partial charge in [-0.3, -0.25) is 4.79 Å². The van der Waals surface area contributed by atoms with Gasteiger partial charge in [0.2, 0.25) is 5.95 Å². The SMILES string of the molecule is C=CCN(C(=O)c1ccc(F)nc1)C(C)C. The Kier molecular flexibility index (Phi) is 4.17. The van der Waals surface area contributed by atoms with Crippen LogP contribution in [-0.4, -0.2) is 28.4 Å². The summed E-state index contributed by atoms with van der Waals surface area (Å²) in [6, 6.07) is 2.68. The van der Waals surface area contributed by atoms with Crippen LogP contribution in [0.2, 0.25) is 0 Å². The van der Waals surface area contributed by atoms with E-state index < -0.39 is 5.95 Å². The van der Waals surface area contributed by atoms with Crippen molar-refractivity contribution < 1.29 is 9.18 Å². The number of carbonyl (C=O) groups excluding carboxylic acids is 1. The van der Waals surface area contributed by atoms with Crippen molar-refractivity contribution in [2.24, 2.45) is 0 Å². The fourth-order valence-corrected chi connectivity index (χ4v) is 1.34. The third-order valence-electron chi connectivity index (χ3n) is 2.18. The van der Waals surface area contributed by atoms with E-state index in [1.54, 1.807) is 11.0 Å². The Morgan fingerprint density at radius 1 is 1.62 bits per heavy atom. The number of carbonyl (C=O) groups is 1. The van der Waals surface area contributed by atoms with Gasteiger partial charge in [-0.1, -0.05) is 6.08 Å². The van der Waals surface area contributed by atoms with Crippen molar-refractivity contribution in [1.29, 1.82) is 0 Å². The molecule has 0 atom stereocenters. The molecule has 0 unspecified atom stereocenters. The van der Waals surface area contributed by atoms with E-state index in [0.29, 0.717) is 12.1 Å². The lowest BCUT2D eigenvalue weighted by atomic mass is 10.2. The number of halogens is 1. The van der Waals surface area contributed by atoms with Crippen LogP contribution in [0.3, 0.4) is 0 Å². The minimum Gasteiger partial charge on any atom is -0.332 e. The summed E-state index contributed by atoms with van der Waals surface area (Å²) < 4.78 is 12.6. The molecule has 86 valence electrons. The molecule has 0 aliphatic carbocycles. The van der Waals surface area contributed by atoms with Crippen LogP contribution in [0.1, 0.15) is 24.2 Å². The summed E-state index contributed by atoms with van der Waals surface area (Å²) >= 11 is 0. The van der Waals surface area contributed by atoms with E-state index in [9.17, 15) is 9.18 Å². The molecule has 1 rings (SSSR count). The first-order valence-electron chi connectivity index (χ1n) is 5.09. The van der Waals surface area contributed by atoms with Gasteiger partial charge in [-0.15, -0.1) is 6.58 Å². The summed E-state index contributed by atoms with van der Waals surface area (Å²) in [6.45, 7) is 7.90. The van der Waals surface area contributed by atoms with Crippen LogP contribution >= 0.6 is 0 Å². The highest BCUT2D eigenvalue weighted by Gasteiger charge is 2.17. The highest BCUT2D eigenvalue weighted by atomic mass is 19.1. The van der Waals surface area contributed by atoms with Crippen LogP contribution in [-0.2, 0) is 0 Å². The second-order valence-corrected chi connectivity index (χ2v) is 3.71. The van der Waals surface area contributed by atoms with Crippen molar-refractivity contribution in [1.82, 2.24) is 9.88 Å². The molecule has 0 aliphatic heterocycles. The molecular weight excluding hydrogens is 207 g/mol. The smallest absolute Gasteiger partial charge is 0.255 e. The molecule has 16 heavy (non-hydrogen) atoms. The van der Waals surface area contributed by atoms with Gasteiger partial charge in [-0.25, -0.2) is 4.98 Å². The topological polar surface area (TPSA) is 33.2 Å². The summed E-state index contributed by atoms with van der Waals surface area (Å²) in [7, 11) is 0. The van der Waals surface area contributed by atoms with Crippen LogP contribution in [0.15, 0.2) is 31.0 Å². The van der Waals surface area contributed by atoms with Crippen molar-refractivity contribution in [2.45, 2.75) is 19.9 Å². The van der Waals surface area contributed by atoms with Crippen molar-refractivity contribution in [3.8, 4) is 0 Å². The highest BCUT2D eigenvalue weighted by molar-refractivity contribution is 5.94. The molecule has 0 saturated carbocycles. The van der Waals surface area contributed by atoms with Crippen molar-refractivity contribution in [3.05, 3.63) is 42.5 Å². The number of rotatable bonds is 4. The second-order valence-electron chi connectivity index (χ2n) is 3.71. The largest absolute Gasteiger partial charge is 0.332 e. The molecule has 0 fully saturated rings. The Bertz CT molecular complexity index is 373. The molecule has 1 aromatic heterocycles. The van der Waals surface area contributed by atoms with Gasteiger partial charge in [0, 0.05) is 18.8 Å². The maximum absolute atomic E-state index is 12.6. The van der Waals surface area contributed by atoms with Crippen molar-refractivity contribution in [2.75, 3.05) is 6.54 Å².